The van der Waals surface area contributed by atoms with E-state index < -0.39 is 6.36 Å². The number of likely N-dealkylation sites (tertiary alicyclic amines) is 1. The summed E-state index contributed by atoms with van der Waals surface area (Å²) in [5.74, 6) is 0.212. The van der Waals surface area contributed by atoms with Gasteiger partial charge in [-0.15, -0.1) is 13.2 Å². The lowest BCUT2D eigenvalue weighted by molar-refractivity contribution is -0.274. The molecule has 174 valence electrons. The molecular formula is C24H24F3N3O3. The molecule has 0 spiro atoms. The van der Waals surface area contributed by atoms with Crippen LogP contribution >= 0.6 is 0 Å². The van der Waals surface area contributed by atoms with Gasteiger partial charge < -0.3 is 14.2 Å². The van der Waals surface area contributed by atoms with E-state index in [0.717, 1.165) is 5.56 Å². The monoisotopic (exact) mass is 459 g/mol. The van der Waals surface area contributed by atoms with Crippen LogP contribution in [0.5, 0.6) is 5.75 Å². The third-order valence-corrected chi connectivity index (χ3v) is 5.57. The second-order valence-corrected chi connectivity index (χ2v) is 9.05. The van der Waals surface area contributed by atoms with Gasteiger partial charge in [0.25, 0.3) is 0 Å². The molecule has 1 saturated heterocycles. The van der Waals surface area contributed by atoms with Gasteiger partial charge in [-0.1, -0.05) is 50.2 Å². The zero-order valence-electron chi connectivity index (χ0n) is 18.5. The fraction of sp³-hybridized carbons (Fsp3) is 0.375. The summed E-state index contributed by atoms with van der Waals surface area (Å²) in [4.78, 5) is 18.7. The van der Waals surface area contributed by atoms with Gasteiger partial charge in [-0.3, -0.25) is 4.79 Å². The number of rotatable bonds is 5. The molecule has 1 fully saturated rings. The highest BCUT2D eigenvalue weighted by molar-refractivity contribution is 5.78. The molecule has 33 heavy (non-hydrogen) atoms. The van der Waals surface area contributed by atoms with Crippen molar-refractivity contribution in [1.82, 2.24) is 15.0 Å². The molecule has 6 nitrogen and oxygen atoms in total. The topological polar surface area (TPSA) is 68.5 Å². The van der Waals surface area contributed by atoms with Gasteiger partial charge in [0.1, 0.15) is 11.8 Å². The first-order valence-electron chi connectivity index (χ1n) is 10.6. The van der Waals surface area contributed by atoms with Gasteiger partial charge in [0.2, 0.25) is 17.6 Å². The van der Waals surface area contributed by atoms with Crippen molar-refractivity contribution in [3.05, 3.63) is 65.5 Å². The van der Waals surface area contributed by atoms with E-state index in [9.17, 15) is 18.0 Å². The molecule has 1 aliphatic rings. The van der Waals surface area contributed by atoms with Crippen LogP contribution < -0.4 is 4.74 Å². The SMILES string of the molecule is CC(C)(C)c1ccc(CN2C(=O)CCC2c2nc(-c3ccc(OC(F)(F)F)cc3)no2)cc1. The predicted molar refractivity (Wildman–Crippen MR) is 114 cm³/mol. The van der Waals surface area contributed by atoms with E-state index in [1.807, 2.05) is 12.1 Å². The molecule has 0 saturated carbocycles. The number of hydrogen-bond donors (Lipinski definition) is 0. The van der Waals surface area contributed by atoms with Crippen LogP contribution in [0.25, 0.3) is 11.4 Å². The van der Waals surface area contributed by atoms with Crippen molar-refractivity contribution in [2.45, 2.75) is 58.0 Å². The number of nitrogens with zero attached hydrogens (tertiary/aromatic N) is 3. The molecule has 2 aromatic carbocycles. The molecule has 2 heterocycles. The number of hydrogen-bond acceptors (Lipinski definition) is 5. The molecule has 1 unspecified atom stereocenters. The zero-order valence-corrected chi connectivity index (χ0v) is 18.5. The summed E-state index contributed by atoms with van der Waals surface area (Å²) in [6.07, 6.45) is -3.82. The Balaban J connectivity index is 1.49. The quantitative estimate of drug-likeness (QED) is 0.483. The number of aromatic nitrogens is 2. The summed E-state index contributed by atoms with van der Waals surface area (Å²) in [6, 6.07) is 13.0. The molecule has 1 amide bonds. The van der Waals surface area contributed by atoms with Crippen molar-refractivity contribution in [2.24, 2.45) is 0 Å². The first-order chi connectivity index (χ1) is 15.5. The standard InChI is InChI=1S/C24H24F3N3O3/c1-23(2,3)17-8-4-15(5-9-17)14-30-19(12-13-20(30)31)22-28-21(29-33-22)16-6-10-18(11-7-16)32-24(25,26)27/h4-11,19H,12-14H2,1-3H3. The van der Waals surface area contributed by atoms with Gasteiger partial charge in [-0.25, -0.2) is 0 Å². The highest BCUT2D eigenvalue weighted by Gasteiger charge is 2.36. The lowest BCUT2D eigenvalue weighted by atomic mass is 9.87. The highest BCUT2D eigenvalue weighted by atomic mass is 19.4. The van der Waals surface area contributed by atoms with Gasteiger partial charge >= 0.3 is 6.36 Å². The number of carbonyl (C=O) groups excluding carboxylic acids is 1. The van der Waals surface area contributed by atoms with Crippen LogP contribution in [0.1, 0.15) is 56.7 Å². The second-order valence-electron chi connectivity index (χ2n) is 9.05. The van der Waals surface area contributed by atoms with Crippen LogP contribution in [0.4, 0.5) is 13.2 Å². The van der Waals surface area contributed by atoms with Crippen molar-refractivity contribution in [2.75, 3.05) is 0 Å². The van der Waals surface area contributed by atoms with Gasteiger partial charge in [0.15, 0.2) is 0 Å². The molecule has 1 atom stereocenters. The Morgan fingerprint density at radius 2 is 1.73 bits per heavy atom. The predicted octanol–water partition coefficient (Wildman–Crippen LogP) is 5.80. The van der Waals surface area contributed by atoms with Gasteiger partial charge in [-0.05, 0) is 47.2 Å². The molecule has 0 aliphatic carbocycles. The summed E-state index contributed by atoms with van der Waals surface area (Å²) >= 11 is 0. The third-order valence-electron chi connectivity index (χ3n) is 5.57. The van der Waals surface area contributed by atoms with Crippen molar-refractivity contribution < 1.29 is 27.2 Å². The maximum atomic E-state index is 12.5. The van der Waals surface area contributed by atoms with Gasteiger partial charge in [0.05, 0.1) is 0 Å². The van der Waals surface area contributed by atoms with E-state index in [0.29, 0.717) is 30.8 Å². The first-order valence-corrected chi connectivity index (χ1v) is 10.6. The van der Waals surface area contributed by atoms with Crippen LogP contribution in [-0.2, 0) is 16.8 Å². The van der Waals surface area contributed by atoms with Crippen molar-refractivity contribution in [3.8, 4) is 17.1 Å². The number of alkyl halides is 3. The molecule has 9 heteroatoms. The van der Waals surface area contributed by atoms with Crippen LogP contribution in [-0.4, -0.2) is 27.3 Å². The fourth-order valence-electron chi connectivity index (χ4n) is 3.79. The number of ether oxygens (including phenoxy) is 1. The van der Waals surface area contributed by atoms with E-state index in [4.69, 9.17) is 4.52 Å². The number of halogens is 3. The summed E-state index contributed by atoms with van der Waals surface area (Å²) in [7, 11) is 0. The van der Waals surface area contributed by atoms with E-state index in [2.05, 4.69) is 47.8 Å². The third kappa shape index (κ3) is 5.35. The van der Waals surface area contributed by atoms with E-state index in [-0.39, 0.29) is 28.9 Å². The molecule has 0 N–H and O–H groups in total. The average Bonchev–Trinajstić information content (AvgIpc) is 3.35. The Kier molecular flexibility index (Phi) is 5.90. The van der Waals surface area contributed by atoms with E-state index in [1.54, 1.807) is 4.90 Å². The number of amides is 1. The zero-order chi connectivity index (χ0) is 23.8. The lowest BCUT2D eigenvalue weighted by Gasteiger charge is -2.23. The van der Waals surface area contributed by atoms with Crippen molar-refractivity contribution in [1.29, 1.82) is 0 Å². The van der Waals surface area contributed by atoms with Crippen LogP contribution in [0.2, 0.25) is 0 Å². The Labute approximate surface area is 189 Å². The summed E-state index contributed by atoms with van der Waals surface area (Å²) in [5.41, 5.74) is 2.74. The normalized spacial score (nSPS) is 17.0. The highest BCUT2D eigenvalue weighted by Crippen LogP contribution is 2.35. The summed E-state index contributed by atoms with van der Waals surface area (Å²) in [6.45, 7) is 6.86. The first kappa shape index (κ1) is 22.8. The minimum absolute atomic E-state index is 0.00769. The largest absolute Gasteiger partial charge is 0.573 e. The molecule has 0 bridgehead atoms. The second kappa shape index (κ2) is 8.53. The molecule has 3 aromatic rings. The van der Waals surface area contributed by atoms with Crippen molar-refractivity contribution >= 4 is 5.91 Å². The number of benzene rings is 2. The number of carbonyl (C=O) groups is 1. The lowest BCUT2D eigenvalue weighted by Crippen LogP contribution is -2.27. The van der Waals surface area contributed by atoms with Crippen molar-refractivity contribution in [3.63, 3.8) is 0 Å². The maximum absolute atomic E-state index is 12.5. The Hall–Kier alpha value is -3.36. The average molecular weight is 459 g/mol. The van der Waals surface area contributed by atoms with Crippen LogP contribution in [0, 0.1) is 0 Å². The minimum atomic E-state index is -4.76. The molecular weight excluding hydrogens is 435 g/mol. The Bertz CT molecular complexity index is 1120. The van der Waals surface area contributed by atoms with Crippen LogP contribution in [0.3, 0.4) is 0 Å². The van der Waals surface area contributed by atoms with Gasteiger partial charge in [0, 0.05) is 18.5 Å². The van der Waals surface area contributed by atoms with E-state index in [1.165, 1.54) is 29.8 Å². The van der Waals surface area contributed by atoms with E-state index >= 15 is 0 Å². The molecule has 1 aliphatic heterocycles. The summed E-state index contributed by atoms with van der Waals surface area (Å²) < 4.78 is 46.3. The maximum Gasteiger partial charge on any atom is 0.573 e. The molecule has 1 aromatic heterocycles. The minimum Gasteiger partial charge on any atom is -0.406 e. The Morgan fingerprint density at radius 1 is 1.06 bits per heavy atom. The van der Waals surface area contributed by atoms with Crippen LogP contribution in [0.15, 0.2) is 53.1 Å². The molecule has 0 radical (unpaired) electrons. The smallest absolute Gasteiger partial charge is 0.406 e. The van der Waals surface area contributed by atoms with Gasteiger partial charge in [-0.2, -0.15) is 4.98 Å². The Morgan fingerprint density at radius 3 is 2.33 bits per heavy atom. The summed E-state index contributed by atoms with van der Waals surface area (Å²) in [5, 5.41) is 3.95. The fourth-order valence-corrected chi connectivity index (χ4v) is 3.79. The molecule has 4 rings (SSSR count).